The predicted molar refractivity (Wildman–Crippen MR) is 255 cm³/mol. The molecule has 5 aromatic carbocycles. The van der Waals surface area contributed by atoms with Gasteiger partial charge in [0.1, 0.15) is 29.6 Å². The summed E-state index contributed by atoms with van der Waals surface area (Å²) in [7, 11) is 3.09. The third-order valence-corrected chi connectivity index (χ3v) is 14.0. The molecular formula is C53H58N2O9S. The summed E-state index contributed by atoms with van der Waals surface area (Å²) in [4.78, 5) is 20.9. The number of aliphatic hydroxyl groups excluding tert-OH is 2. The summed E-state index contributed by atoms with van der Waals surface area (Å²) in [6, 6.07) is 35.6. The molecule has 65 heavy (non-hydrogen) atoms. The van der Waals surface area contributed by atoms with Crippen LogP contribution in [0.25, 0.3) is 10.8 Å². The van der Waals surface area contributed by atoms with Gasteiger partial charge in [0, 0.05) is 42.1 Å². The number of thioether (sulfide) groups is 1. The number of methoxy groups -OCH3 is 2. The van der Waals surface area contributed by atoms with E-state index in [1.807, 2.05) is 48.5 Å². The van der Waals surface area contributed by atoms with Crippen molar-refractivity contribution in [3.05, 3.63) is 145 Å². The Kier molecular flexibility index (Phi) is 15.1. The fraction of sp³-hybridized carbons (Fsp3) is 0.358. The van der Waals surface area contributed by atoms with Gasteiger partial charge in [0.25, 0.3) is 0 Å². The first kappa shape index (κ1) is 45.8. The van der Waals surface area contributed by atoms with Crippen LogP contribution in [0.2, 0.25) is 0 Å². The molecule has 0 bridgehead atoms. The molecule has 6 atom stereocenters. The molecule has 3 aliphatic rings. The fourth-order valence-electron chi connectivity index (χ4n) is 9.80. The third kappa shape index (κ3) is 10.2. The number of hydrogen-bond acceptors (Lipinski definition) is 11. The molecule has 0 saturated heterocycles. The molecule has 1 aliphatic heterocycles. The van der Waals surface area contributed by atoms with Crippen LogP contribution in [0.15, 0.2) is 144 Å². The minimum Gasteiger partial charge on any atom is -0.497 e. The number of nitrogens with zero attached hydrogens (tertiary/aromatic N) is 1. The Balaban J connectivity index is 1.26. The van der Waals surface area contributed by atoms with E-state index in [2.05, 4.69) is 54.4 Å². The Labute approximate surface area is 385 Å². The number of carbonyl (C=O) groups excluding carboxylic acids is 1. The highest BCUT2D eigenvalue weighted by Crippen LogP contribution is 2.63. The van der Waals surface area contributed by atoms with Crippen LogP contribution < -0.4 is 24.3 Å². The summed E-state index contributed by atoms with van der Waals surface area (Å²) in [6.45, 7) is 4.82. The molecule has 1 heterocycles. The van der Waals surface area contributed by atoms with Gasteiger partial charge in [-0.2, -0.15) is 0 Å². The molecule has 6 unspecified atom stereocenters. The van der Waals surface area contributed by atoms with Crippen molar-refractivity contribution in [2.45, 2.75) is 73.4 Å². The van der Waals surface area contributed by atoms with Crippen LogP contribution in [0, 0.1) is 17.8 Å². The topological polar surface area (TPSA) is 137 Å². The first-order valence-corrected chi connectivity index (χ1v) is 23.4. The number of nitrogens with one attached hydrogen (secondary N) is 1. The minimum atomic E-state index is -1.19. The van der Waals surface area contributed by atoms with E-state index >= 15 is 0 Å². The molecule has 0 spiro atoms. The lowest BCUT2D eigenvalue weighted by atomic mass is 9.56. The van der Waals surface area contributed by atoms with Crippen molar-refractivity contribution in [1.82, 2.24) is 0 Å². The molecule has 11 nitrogen and oxygen atoms in total. The van der Waals surface area contributed by atoms with E-state index in [-0.39, 0.29) is 48.7 Å². The summed E-state index contributed by atoms with van der Waals surface area (Å²) in [5, 5.41) is 29.8. The molecule has 1 saturated carbocycles. The number of fused-ring (bicyclic) bond motifs is 3. The van der Waals surface area contributed by atoms with Gasteiger partial charge in [0.2, 0.25) is 5.79 Å². The molecule has 340 valence electrons. The van der Waals surface area contributed by atoms with E-state index in [0.717, 1.165) is 63.8 Å². The standard InChI is InChI=1S/C53H58N2O9S/c1-4-28-61-53-49(65-41-23-20-36-16-8-9-17-37(36)29-41)33-46(55-62-34-35-14-6-5-7-15-35)43-30-38(18-10-12-26-56)42(19-11-13-27-57)50(51(43)53)44-31-40(22-25-47(44)64-53)63-52(58)54-45-24-21-39(59-2)32-48(45)60-3/h4-9,14-17,20-25,29-32,38,42,49-51,56-57H,1,10-13,18-19,26-28,33-34H2,2-3H3,(H,54,58). The first-order valence-electron chi connectivity index (χ1n) is 22.5. The van der Waals surface area contributed by atoms with Crippen LogP contribution in [0.5, 0.6) is 23.0 Å². The maximum atomic E-state index is 13.6. The van der Waals surface area contributed by atoms with E-state index in [1.54, 1.807) is 49.2 Å². The van der Waals surface area contributed by atoms with E-state index in [1.165, 1.54) is 7.11 Å². The lowest BCUT2D eigenvalue weighted by Crippen LogP contribution is -2.64. The molecule has 0 aromatic heterocycles. The van der Waals surface area contributed by atoms with Gasteiger partial charge in [-0.15, -0.1) is 18.3 Å². The highest BCUT2D eigenvalue weighted by Gasteiger charge is 2.64. The van der Waals surface area contributed by atoms with Crippen LogP contribution in [-0.2, 0) is 16.2 Å². The Morgan fingerprint density at radius 2 is 1.65 bits per heavy atom. The number of aliphatic hydroxyl groups is 2. The molecular weight excluding hydrogens is 841 g/mol. The van der Waals surface area contributed by atoms with Gasteiger partial charge in [-0.3, -0.25) is 5.32 Å². The van der Waals surface area contributed by atoms with E-state index in [0.29, 0.717) is 54.6 Å². The van der Waals surface area contributed by atoms with E-state index in [4.69, 9.17) is 33.7 Å². The average Bonchev–Trinajstić information content (AvgIpc) is 3.33. The quantitative estimate of drug-likeness (QED) is 0.0393. The minimum absolute atomic E-state index is 0.0619. The van der Waals surface area contributed by atoms with Gasteiger partial charge in [-0.1, -0.05) is 90.8 Å². The molecule has 5 aromatic rings. The van der Waals surface area contributed by atoms with Gasteiger partial charge >= 0.3 is 6.09 Å². The number of ether oxygens (including phenoxy) is 5. The highest BCUT2D eigenvalue weighted by atomic mass is 32.2. The number of rotatable bonds is 20. The number of amides is 1. The fourth-order valence-corrected chi connectivity index (χ4v) is 11.1. The number of allylic oxidation sites excluding steroid dienone is 1. The van der Waals surface area contributed by atoms with Gasteiger partial charge in [0.15, 0.2) is 0 Å². The van der Waals surface area contributed by atoms with E-state index < -0.39 is 11.9 Å². The van der Waals surface area contributed by atoms with Crippen molar-refractivity contribution >= 4 is 40.0 Å². The summed E-state index contributed by atoms with van der Waals surface area (Å²) in [5.41, 5.74) is 4.18. The molecule has 3 N–H and O–H groups in total. The first-order chi connectivity index (χ1) is 31.9. The second-order valence-electron chi connectivity index (χ2n) is 16.7. The second kappa shape index (κ2) is 21.5. The monoisotopic (exact) mass is 898 g/mol. The van der Waals surface area contributed by atoms with Gasteiger partial charge in [-0.05, 0) is 102 Å². The van der Waals surface area contributed by atoms with Gasteiger partial charge in [-0.25, -0.2) is 4.79 Å². The molecule has 1 fully saturated rings. The Morgan fingerprint density at radius 1 is 0.877 bits per heavy atom. The number of unbranched alkanes of at least 4 members (excludes halogenated alkanes) is 2. The third-order valence-electron chi connectivity index (χ3n) is 12.7. The van der Waals surface area contributed by atoms with E-state index in [9.17, 15) is 15.0 Å². The summed E-state index contributed by atoms with van der Waals surface area (Å²) in [6.07, 6.45) is 8.57. The van der Waals surface area contributed by atoms with Gasteiger partial charge < -0.3 is 38.7 Å². The molecule has 12 heteroatoms. The van der Waals surface area contributed by atoms with Crippen LogP contribution >= 0.6 is 11.8 Å². The zero-order chi connectivity index (χ0) is 45.2. The lowest BCUT2D eigenvalue weighted by molar-refractivity contribution is -0.223. The largest absolute Gasteiger partial charge is 0.497 e. The Hall–Kier alpha value is -5.79. The molecule has 2 aliphatic carbocycles. The van der Waals surface area contributed by atoms with Crippen molar-refractivity contribution in [1.29, 1.82) is 0 Å². The molecule has 8 rings (SSSR count). The zero-order valence-corrected chi connectivity index (χ0v) is 37.8. The number of anilines is 1. The van der Waals surface area contributed by atoms with Crippen molar-refractivity contribution in [3.63, 3.8) is 0 Å². The van der Waals surface area contributed by atoms with Crippen molar-refractivity contribution in [3.8, 4) is 23.0 Å². The normalized spacial score (nSPS) is 22.5. The smallest absolute Gasteiger partial charge is 0.417 e. The van der Waals surface area contributed by atoms with Crippen molar-refractivity contribution < 1.29 is 43.5 Å². The SMILES string of the molecule is C=CCOC12Oc3ccc(OC(=O)Nc4ccc(OC)cc4OC)cc3C3C(CCCCO)C(CCCCO)C=C(C(=NOCc4ccccc4)CC1Sc1ccc4ccccc4c1)C32. The van der Waals surface area contributed by atoms with Crippen molar-refractivity contribution in [2.24, 2.45) is 22.9 Å². The Morgan fingerprint density at radius 3 is 2.42 bits per heavy atom. The van der Waals surface area contributed by atoms with Crippen LogP contribution in [-0.4, -0.2) is 67.1 Å². The average molecular weight is 899 g/mol. The van der Waals surface area contributed by atoms with Crippen LogP contribution in [0.1, 0.15) is 62.0 Å². The second-order valence-corrected chi connectivity index (χ2v) is 18.0. The summed E-state index contributed by atoms with van der Waals surface area (Å²) < 4.78 is 31.4. The maximum Gasteiger partial charge on any atom is 0.417 e. The summed E-state index contributed by atoms with van der Waals surface area (Å²) >= 11 is 1.71. The summed E-state index contributed by atoms with van der Waals surface area (Å²) in [5.74, 6) is 0.381. The maximum absolute atomic E-state index is 13.6. The zero-order valence-electron chi connectivity index (χ0n) is 37.0. The van der Waals surface area contributed by atoms with Gasteiger partial charge in [0.05, 0.1) is 43.4 Å². The highest BCUT2D eigenvalue weighted by molar-refractivity contribution is 8.00. The number of hydrogen-bond donors (Lipinski definition) is 3. The van der Waals surface area contributed by atoms with Crippen LogP contribution in [0.4, 0.5) is 10.5 Å². The van der Waals surface area contributed by atoms with Crippen LogP contribution in [0.3, 0.4) is 0 Å². The number of oxime groups is 1. The predicted octanol–water partition coefficient (Wildman–Crippen LogP) is 11.1. The number of benzene rings is 5. The number of carbonyl (C=O) groups is 1. The molecule has 1 amide bonds. The Bertz CT molecular complexity index is 2490. The lowest BCUT2D eigenvalue weighted by Gasteiger charge is -2.58. The molecule has 0 radical (unpaired) electrons. The van der Waals surface area contributed by atoms with Crippen molar-refractivity contribution in [2.75, 3.05) is 39.4 Å².